The molecule has 0 heterocycles. The Balaban J connectivity index is 2.73. The van der Waals surface area contributed by atoms with Crippen molar-refractivity contribution in [2.45, 2.75) is 64.1 Å². The molecule has 1 N–H and O–H groups in total. The molecule has 0 bridgehead atoms. The Morgan fingerprint density at radius 1 is 1.32 bits per heavy atom. The fraction of sp³-hybridized carbons (Fsp3) is 0.867. The van der Waals surface area contributed by atoms with E-state index < -0.39 is 12.1 Å². The third kappa shape index (κ3) is 5.17. The van der Waals surface area contributed by atoms with Crippen molar-refractivity contribution in [2.24, 2.45) is 11.8 Å². The van der Waals surface area contributed by atoms with Crippen molar-refractivity contribution in [2.75, 3.05) is 6.54 Å². The normalized spacial score (nSPS) is 26.1. The van der Waals surface area contributed by atoms with Gasteiger partial charge in [-0.3, -0.25) is 0 Å². The molecule has 1 saturated carbocycles. The zero-order valence-corrected chi connectivity index (χ0v) is 11.8. The van der Waals surface area contributed by atoms with Gasteiger partial charge in [-0.25, -0.2) is 0 Å². The molecule has 0 radical (unpaired) electrons. The molecule has 1 aliphatic rings. The van der Waals surface area contributed by atoms with Crippen molar-refractivity contribution >= 4 is 0 Å². The number of nitrogens with one attached hydrogen (secondary N) is 1. The summed E-state index contributed by atoms with van der Waals surface area (Å²) in [6.45, 7) is 6.51. The van der Waals surface area contributed by atoms with Crippen LogP contribution in [-0.4, -0.2) is 18.8 Å². The van der Waals surface area contributed by atoms with Gasteiger partial charge >= 0.3 is 6.18 Å². The molecule has 4 heteroatoms. The highest BCUT2D eigenvalue weighted by Gasteiger charge is 2.47. The van der Waals surface area contributed by atoms with Crippen molar-refractivity contribution in [3.05, 3.63) is 12.7 Å². The van der Waals surface area contributed by atoms with E-state index >= 15 is 0 Å². The summed E-state index contributed by atoms with van der Waals surface area (Å²) in [5.41, 5.74) is 0. The zero-order valence-electron chi connectivity index (χ0n) is 11.8. The molecule has 0 amide bonds. The molecule has 1 nitrogen and oxygen atoms in total. The van der Waals surface area contributed by atoms with Gasteiger partial charge in [0.1, 0.15) is 0 Å². The van der Waals surface area contributed by atoms with E-state index in [1.807, 2.05) is 6.92 Å². The van der Waals surface area contributed by atoms with Crippen molar-refractivity contribution in [3.63, 3.8) is 0 Å². The van der Waals surface area contributed by atoms with Crippen molar-refractivity contribution in [1.29, 1.82) is 0 Å². The van der Waals surface area contributed by atoms with Crippen LogP contribution in [0.2, 0.25) is 0 Å². The highest BCUT2D eigenvalue weighted by Crippen LogP contribution is 2.43. The Labute approximate surface area is 114 Å². The fourth-order valence-corrected chi connectivity index (χ4v) is 3.14. The molecular weight excluding hydrogens is 251 g/mol. The Morgan fingerprint density at radius 3 is 2.58 bits per heavy atom. The first-order chi connectivity index (χ1) is 9.00. The molecule has 1 aliphatic carbocycles. The van der Waals surface area contributed by atoms with Gasteiger partial charge < -0.3 is 5.32 Å². The maximum Gasteiger partial charge on any atom is 0.392 e. The molecule has 0 aromatic rings. The van der Waals surface area contributed by atoms with Crippen LogP contribution >= 0.6 is 0 Å². The number of allylic oxidation sites excluding steroid dienone is 1. The van der Waals surface area contributed by atoms with E-state index in [0.717, 1.165) is 32.2 Å². The van der Waals surface area contributed by atoms with Crippen LogP contribution in [0, 0.1) is 11.8 Å². The van der Waals surface area contributed by atoms with Crippen LogP contribution in [0.4, 0.5) is 13.2 Å². The summed E-state index contributed by atoms with van der Waals surface area (Å²) in [5.74, 6) is -1.39. The Bertz CT molecular complexity index is 263. The van der Waals surface area contributed by atoms with Crippen LogP contribution in [0.25, 0.3) is 0 Å². The average molecular weight is 277 g/mol. The maximum absolute atomic E-state index is 13.1. The molecule has 3 unspecified atom stereocenters. The highest BCUT2D eigenvalue weighted by atomic mass is 19.4. The van der Waals surface area contributed by atoms with E-state index in [1.165, 1.54) is 0 Å². The van der Waals surface area contributed by atoms with Crippen LogP contribution in [0.5, 0.6) is 0 Å². The van der Waals surface area contributed by atoms with Crippen LogP contribution in [0.15, 0.2) is 12.7 Å². The van der Waals surface area contributed by atoms with Crippen LogP contribution in [0.3, 0.4) is 0 Å². The van der Waals surface area contributed by atoms with Gasteiger partial charge in [-0.05, 0) is 44.6 Å². The van der Waals surface area contributed by atoms with Gasteiger partial charge in [0.05, 0.1) is 5.92 Å². The summed E-state index contributed by atoms with van der Waals surface area (Å²) >= 11 is 0. The molecule has 0 aromatic heterocycles. The first kappa shape index (κ1) is 16.5. The molecule has 0 aliphatic heterocycles. The van der Waals surface area contributed by atoms with E-state index in [-0.39, 0.29) is 12.0 Å². The van der Waals surface area contributed by atoms with Crippen molar-refractivity contribution in [1.82, 2.24) is 5.32 Å². The van der Waals surface area contributed by atoms with Gasteiger partial charge in [-0.2, -0.15) is 13.2 Å². The van der Waals surface area contributed by atoms with Gasteiger partial charge in [0.15, 0.2) is 0 Å². The fourth-order valence-electron chi connectivity index (χ4n) is 3.14. The molecular formula is C15H26F3N. The lowest BCUT2D eigenvalue weighted by Gasteiger charge is -2.38. The molecule has 112 valence electrons. The third-order valence-corrected chi connectivity index (χ3v) is 4.09. The van der Waals surface area contributed by atoms with Crippen LogP contribution in [-0.2, 0) is 0 Å². The smallest absolute Gasteiger partial charge is 0.314 e. The second-order valence-corrected chi connectivity index (χ2v) is 5.52. The number of alkyl halides is 3. The minimum atomic E-state index is -4.05. The predicted molar refractivity (Wildman–Crippen MR) is 73.0 cm³/mol. The highest BCUT2D eigenvalue weighted by molar-refractivity contribution is 4.89. The summed E-state index contributed by atoms with van der Waals surface area (Å²) in [7, 11) is 0. The minimum absolute atomic E-state index is 0.0233. The van der Waals surface area contributed by atoms with Gasteiger partial charge in [0, 0.05) is 6.04 Å². The Morgan fingerprint density at radius 2 is 2.00 bits per heavy atom. The number of rotatable bonds is 7. The van der Waals surface area contributed by atoms with Gasteiger partial charge in [-0.15, -0.1) is 6.58 Å². The Kier molecular flexibility index (Phi) is 6.90. The predicted octanol–water partition coefficient (Wildman–Crippen LogP) is 4.69. The molecule has 3 atom stereocenters. The molecule has 0 aromatic carbocycles. The first-order valence-electron chi connectivity index (χ1n) is 7.41. The second-order valence-electron chi connectivity index (χ2n) is 5.52. The summed E-state index contributed by atoms with van der Waals surface area (Å²) in [4.78, 5) is 0. The lowest BCUT2D eigenvalue weighted by Crippen LogP contribution is -2.45. The molecule has 1 rings (SSSR count). The lowest BCUT2D eigenvalue weighted by molar-refractivity contribution is -0.199. The number of hydrogen-bond acceptors (Lipinski definition) is 1. The van der Waals surface area contributed by atoms with E-state index in [1.54, 1.807) is 6.08 Å². The first-order valence-corrected chi connectivity index (χ1v) is 7.41. The van der Waals surface area contributed by atoms with Crippen LogP contribution < -0.4 is 5.32 Å². The van der Waals surface area contributed by atoms with Crippen molar-refractivity contribution < 1.29 is 13.2 Å². The Hall–Kier alpha value is -0.510. The SMILES string of the molecule is C=CCCC(NCCC)C1CCCCC1C(F)(F)F. The van der Waals surface area contributed by atoms with Gasteiger partial charge in [-0.1, -0.05) is 25.8 Å². The second kappa shape index (κ2) is 7.93. The largest absolute Gasteiger partial charge is 0.392 e. The number of halogens is 3. The van der Waals surface area contributed by atoms with Crippen molar-refractivity contribution in [3.8, 4) is 0 Å². The van der Waals surface area contributed by atoms with Crippen LogP contribution in [0.1, 0.15) is 51.9 Å². The summed E-state index contributed by atoms with van der Waals surface area (Å²) in [6, 6.07) is -0.0233. The molecule has 0 spiro atoms. The summed E-state index contributed by atoms with van der Waals surface area (Å²) < 4.78 is 39.4. The lowest BCUT2D eigenvalue weighted by atomic mass is 9.73. The molecule has 0 saturated heterocycles. The van der Waals surface area contributed by atoms with E-state index in [4.69, 9.17) is 0 Å². The molecule has 1 fully saturated rings. The van der Waals surface area contributed by atoms with E-state index in [0.29, 0.717) is 19.3 Å². The zero-order chi connectivity index (χ0) is 14.3. The standard InChI is InChI=1S/C15H26F3N/c1-3-5-10-14(19-11-4-2)12-8-6-7-9-13(12)15(16,17)18/h3,12-14,19H,1,4-11H2,2H3. The summed E-state index contributed by atoms with van der Waals surface area (Å²) in [6.07, 6.45) is 2.88. The quantitative estimate of drug-likeness (QED) is 0.666. The van der Waals surface area contributed by atoms with E-state index in [9.17, 15) is 13.2 Å². The summed E-state index contributed by atoms with van der Waals surface area (Å²) in [5, 5.41) is 3.33. The third-order valence-electron chi connectivity index (χ3n) is 4.09. The monoisotopic (exact) mass is 277 g/mol. The molecule has 19 heavy (non-hydrogen) atoms. The van der Waals surface area contributed by atoms with E-state index in [2.05, 4.69) is 11.9 Å². The topological polar surface area (TPSA) is 12.0 Å². The maximum atomic E-state index is 13.1. The average Bonchev–Trinajstić information content (AvgIpc) is 2.38. The van der Waals surface area contributed by atoms with Gasteiger partial charge in [0.25, 0.3) is 0 Å². The van der Waals surface area contributed by atoms with Gasteiger partial charge in [0.2, 0.25) is 0 Å². The minimum Gasteiger partial charge on any atom is -0.314 e. The number of hydrogen-bond donors (Lipinski definition) is 1.